The van der Waals surface area contributed by atoms with Crippen molar-refractivity contribution in [2.75, 3.05) is 5.32 Å². The van der Waals surface area contributed by atoms with Crippen molar-refractivity contribution in [2.24, 2.45) is 12.0 Å². The Morgan fingerprint density at radius 3 is 2.38 bits per heavy atom. The van der Waals surface area contributed by atoms with E-state index in [1.165, 1.54) is 49.4 Å². The van der Waals surface area contributed by atoms with Gasteiger partial charge in [0.25, 0.3) is 5.91 Å². The summed E-state index contributed by atoms with van der Waals surface area (Å²) < 4.78 is 30.2. The van der Waals surface area contributed by atoms with E-state index in [-0.39, 0.29) is 10.8 Å². The Bertz CT molecular complexity index is 1240. The van der Waals surface area contributed by atoms with Gasteiger partial charge in [0.15, 0.2) is 4.80 Å². The number of hydrogen-bond donors (Lipinski definition) is 2. The highest BCUT2D eigenvalue weighted by Gasteiger charge is 2.22. The number of fused-ring (bicyclic) bond motifs is 1. The van der Waals surface area contributed by atoms with Crippen molar-refractivity contribution >= 4 is 49.1 Å². The summed E-state index contributed by atoms with van der Waals surface area (Å²) in [6.45, 7) is 2.81. The Labute approximate surface area is 172 Å². The molecule has 1 heterocycles. The number of carbonyl (C=O) groups is 2. The van der Waals surface area contributed by atoms with Crippen LogP contribution in [0.5, 0.6) is 0 Å². The molecule has 0 aliphatic heterocycles. The van der Waals surface area contributed by atoms with E-state index in [4.69, 9.17) is 0 Å². The lowest BCUT2D eigenvalue weighted by Gasteiger charge is -2.11. The van der Waals surface area contributed by atoms with Gasteiger partial charge < -0.3 is 9.88 Å². The zero-order chi connectivity index (χ0) is 21.2. The average molecular weight is 433 g/mol. The van der Waals surface area contributed by atoms with Gasteiger partial charge in [-0.1, -0.05) is 23.5 Å². The molecule has 2 N–H and O–H groups in total. The van der Waals surface area contributed by atoms with E-state index in [1.807, 2.05) is 24.3 Å². The van der Waals surface area contributed by atoms with Gasteiger partial charge in [-0.25, -0.2) is 8.42 Å². The second-order valence-electron chi connectivity index (χ2n) is 6.41. The first-order chi connectivity index (χ1) is 13.7. The number of thiazole rings is 1. The summed E-state index contributed by atoms with van der Waals surface area (Å²) >= 11 is 1.35. The predicted octanol–water partition coefficient (Wildman–Crippen LogP) is 1.99. The molecule has 2 amide bonds. The van der Waals surface area contributed by atoms with E-state index in [0.29, 0.717) is 10.5 Å². The topological polar surface area (TPSA) is 110 Å². The summed E-state index contributed by atoms with van der Waals surface area (Å²) in [6, 6.07) is 12.3. The van der Waals surface area contributed by atoms with Crippen LogP contribution in [0.25, 0.3) is 10.2 Å². The minimum absolute atomic E-state index is 0.0151. The van der Waals surface area contributed by atoms with Crippen LogP contribution in [0.15, 0.2) is 58.4 Å². The fourth-order valence-electron chi connectivity index (χ4n) is 2.65. The molecule has 1 aromatic heterocycles. The second kappa shape index (κ2) is 8.27. The third-order valence-electron chi connectivity index (χ3n) is 4.11. The summed E-state index contributed by atoms with van der Waals surface area (Å²) in [5.41, 5.74) is 1.42. The molecular formula is C19H20N4O4S2. The van der Waals surface area contributed by atoms with Crippen LogP contribution in [0, 0.1) is 0 Å². The van der Waals surface area contributed by atoms with Crippen molar-refractivity contribution in [1.29, 1.82) is 0 Å². The molecule has 0 unspecified atom stereocenters. The lowest BCUT2D eigenvalue weighted by atomic mass is 10.3. The largest absolute Gasteiger partial charge is 0.326 e. The van der Waals surface area contributed by atoms with Crippen LogP contribution in [0.3, 0.4) is 0 Å². The van der Waals surface area contributed by atoms with Crippen LogP contribution >= 0.6 is 11.3 Å². The molecule has 0 spiro atoms. The van der Waals surface area contributed by atoms with E-state index < -0.39 is 22.0 Å². The van der Waals surface area contributed by atoms with Gasteiger partial charge in [0, 0.05) is 19.7 Å². The molecule has 152 valence electrons. The van der Waals surface area contributed by atoms with E-state index in [2.05, 4.69) is 15.0 Å². The Kier molecular flexibility index (Phi) is 5.96. The summed E-state index contributed by atoms with van der Waals surface area (Å²) in [5, 5.41) is 2.56. The maximum absolute atomic E-state index is 12.5. The fourth-order valence-corrected chi connectivity index (χ4v) is 4.87. The van der Waals surface area contributed by atoms with Crippen LogP contribution in [0.2, 0.25) is 0 Å². The number of carbonyl (C=O) groups excluding carboxylic acids is 2. The van der Waals surface area contributed by atoms with E-state index in [1.54, 1.807) is 11.6 Å². The van der Waals surface area contributed by atoms with Crippen LogP contribution in [0.1, 0.15) is 13.8 Å². The number of para-hydroxylation sites is 1. The van der Waals surface area contributed by atoms with Gasteiger partial charge in [0.05, 0.1) is 15.1 Å². The van der Waals surface area contributed by atoms with Crippen LogP contribution in [-0.2, 0) is 26.7 Å². The number of nitrogens with zero attached hydrogens (tertiary/aromatic N) is 2. The molecule has 0 aliphatic rings. The monoisotopic (exact) mass is 432 g/mol. The molecule has 29 heavy (non-hydrogen) atoms. The normalized spacial score (nSPS) is 13.4. The van der Waals surface area contributed by atoms with Crippen molar-refractivity contribution in [3.8, 4) is 0 Å². The molecule has 8 nitrogen and oxygen atoms in total. The molecule has 3 aromatic rings. The fraction of sp³-hybridized carbons (Fsp3) is 0.211. The van der Waals surface area contributed by atoms with Crippen molar-refractivity contribution in [3.63, 3.8) is 0 Å². The number of rotatable bonds is 5. The van der Waals surface area contributed by atoms with Crippen molar-refractivity contribution in [2.45, 2.75) is 24.8 Å². The zero-order valence-electron chi connectivity index (χ0n) is 16.0. The number of amides is 2. The van der Waals surface area contributed by atoms with Crippen LogP contribution < -0.4 is 14.8 Å². The molecule has 2 aromatic carbocycles. The number of benzene rings is 2. The average Bonchev–Trinajstić information content (AvgIpc) is 2.97. The zero-order valence-corrected chi connectivity index (χ0v) is 17.7. The highest BCUT2D eigenvalue weighted by atomic mass is 32.2. The minimum atomic E-state index is -3.92. The minimum Gasteiger partial charge on any atom is -0.326 e. The molecule has 0 saturated heterocycles. The summed E-state index contributed by atoms with van der Waals surface area (Å²) in [5.74, 6) is -0.848. The SMILES string of the molecule is CC(=O)Nc1ccc(S(=O)(=O)N[C@@H](C)C(=O)N=c2sc3ccccc3n2C)cc1. The highest BCUT2D eigenvalue weighted by Crippen LogP contribution is 2.16. The number of aryl methyl sites for hydroxylation is 1. The molecule has 0 radical (unpaired) electrons. The first kappa shape index (κ1) is 20.9. The molecule has 0 fully saturated rings. The standard InChI is InChI=1S/C19H20N4O4S2/c1-12(18(25)21-19-23(3)16-6-4-5-7-17(16)28-19)22-29(26,27)15-10-8-14(9-11-15)20-13(2)24/h4-12,22H,1-3H3,(H,20,24)/t12-/m0/s1. The Balaban J connectivity index is 1.79. The molecule has 0 saturated carbocycles. The first-order valence-electron chi connectivity index (χ1n) is 8.70. The summed E-state index contributed by atoms with van der Waals surface area (Å²) in [6.07, 6.45) is 0. The number of nitrogens with one attached hydrogen (secondary N) is 2. The van der Waals surface area contributed by atoms with Gasteiger partial charge in [-0.2, -0.15) is 9.71 Å². The van der Waals surface area contributed by atoms with E-state index in [0.717, 1.165) is 10.2 Å². The summed E-state index contributed by atoms with van der Waals surface area (Å²) in [4.78, 5) is 28.1. The van der Waals surface area contributed by atoms with E-state index >= 15 is 0 Å². The lowest BCUT2D eigenvalue weighted by Crippen LogP contribution is -2.38. The number of hydrogen-bond acceptors (Lipinski definition) is 5. The first-order valence-corrected chi connectivity index (χ1v) is 11.0. The third kappa shape index (κ3) is 4.78. The molecule has 0 bridgehead atoms. The molecule has 10 heteroatoms. The smallest absolute Gasteiger partial charge is 0.266 e. The molecule has 0 aliphatic carbocycles. The van der Waals surface area contributed by atoms with Gasteiger partial charge in [0.2, 0.25) is 15.9 Å². The number of anilines is 1. The quantitative estimate of drug-likeness (QED) is 0.642. The van der Waals surface area contributed by atoms with Crippen molar-refractivity contribution < 1.29 is 18.0 Å². The van der Waals surface area contributed by atoms with Crippen molar-refractivity contribution in [3.05, 3.63) is 53.3 Å². The lowest BCUT2D eigenvalue weighted by molar-refractivity contribution is -0.119. The third-order valence-corrected chi connectivity index (χ3v) is 6.78. The predicted molar refractivity (Wildman–Crippen MR) is 112 cm³/mol. The maximum Gasteiger partial charge on any atom is 0.266 e. The van der Waals surface area contributed by atoms with Gasteiger partial charge in [0.1, 0.15) is 6.04 Å². The number of sulfonamides is 1. The molecule has 1 atom stereocenters. The van der Waals surface area contributed by atoms with Gasteiger partial charge >= 0.3 is 0 Å². The Hall–Kier alpha value is -2.82. The summed E-state index contributed by atoms with van der Waals surface area (Å²) in [7, 11) is -2.12. The molecular weight excluding hydrogens is 412 g/mol. The molecule has 3 rings (SSSR count). The van der Waals surface area contributed by atoms with E-state index in [9.17, 15) is 18.0 Å². The highest BCUT2D eigenvalue weighted by molar-refractivity contribution is 7.89. The number of aromatic nitrogens is 1. The Morgan fingerprint density at radius 2 is 1.76 bits per heavy atom. The Morgan fingerprint density at radius 1 is 1.10 bits per heavy atom. The maximum atomic E-state index is 12.5. The van der Waals surface area contributed by atoms with Gasteiger partial charge in [-0.3, -0.25) is 9.59 Å². The van der Waals surface area contributed by atoms with Crippen molar-refractivity contribution in [1.82, 2.24) is 9.29 Å². The van der Waals surface area contributed by atoms with Gasteiger partial charge in [-0.05, 0) is 43.3 Å². The van der Waals surface area contributed by atoms with Gasteiger partial charge in [-0.15, -0.1) is 0 Å². The van der Waals surface area contributed by atoms with Crippen LogP contribution in [-0.4, -0.2) is 30.8 Å². The van der Waals surface area contributed by atoms with Crippen LogP contribution in [0.4, 0.5) is 5.69 Å². The second-order valence-corrected chi connectivity index (χ2v) is 9.13.